The van der Waals surface area contributed by atoms with E-state index < -0.39 is 9.84 Å². The predicted molar refractivity (Wildman–Crippen MR) is 97.7 cm³/mol. The molecule has 0 aromatic carbocycles. The van der Waals surface area contributed by atoms with Crippen molar-refractivity contribution in [2.24, 2.45) is 23.2 Å². The molecule has 1 saturated heterocycles. The maximum absolute atomic E-state index is 12.4. The van der Waals surface area contributed by atoms with Gasteiger partial charge in [0.1, 0.15) is 0 Å². The molecule has 0 spiro atoms. The Morgan fingerprint density at radius 3 is 2.25 bits per heavy atom. The summed E-state index contributed by atoms with van der Waals surface area (Å²) in [5.41, 5.74) is 0.339. The van der Waals surface area contributed by atoms with E-state index in [1.807, 2.05) is 0 Å². The topological polar surface area (TPSA) is 63.2 Å². The first-order valence-corrected chi connectivity index (χ1v) is 12.3. The molecule has 1 aliphatic heterocycles. The van der Waals surface area contributed by atoms with Crippen molar-refractivity contribution >= 4 is 27.5 Å². The fourth-order valence-corrected chi connectivity index (χ4v) is 9.68. The Bertz CT molecular complexity index is 580. The van der Waals surface area contributed by atoms with Gasteiger partial charge in [-0.15, -0.1) is 11.8 Å². The summed E-state index contributed by atoms with van der Waals surface area (Å²) in [6.07, 6.45) is 8.87. The lowest BCUT2D eigenvalue weighted by atomic mass is 9.48. The van der Waals surface area contributed by atoms with E-state index in [4.69, 9.17) is 0 Å². The average Bonchev–Trinajstić information content (AvgIpc) is 2.83. The van der Waals surface area contributed by atoms with Crippen LogP contribution in [-0.4, -0.2) is 42.9 Å². The maximum atomic E-state index is 12.4. The van der Waals surface area contributed by atoms with Crippen LogP contribution in [0.15, 0.2) is 0 Å². The van der Waals surface area contributed by atoms with E-state index in [1.165, 1.54) is 50.3 Å². The third-order valence-electron chi connectivity index (χ3n) is 7.02. The number of hydrogen-bond acceptors (Lipinski definition) is 4. The van der Waals surface area contributed by atoms with Crippen LogP contribution in [0, 0.1) is 23.2 Å². The van der Waals surface area contributed by atoms with Crippen molar-refractivity contribution in [3.8, 4) is 0 Å². The quantitative estimate of drug-likeness (QED) is 0.807. The van der Waals surface area contributed by atoms with Gasteiger partial charge in [0.15, 0.2) is 9.84 Å². The Balaban J connectivity index is 1.30. The smallest absolute Gasteiger partial charge is 0.230 e. The summed E-state index contributed by atoms with van der Waals surface area (Å²) in [5.74, 6) is 3.71. The zero-order valence-corrected chi connectivity index (χ0v) is 16.1. The number of carbonyl (C=O) groups is 1. The summed E-state index contributed by atoms with van der Waals surface area (Å²) >= 11 is 1.52. The molecule has 0 aromatic heterocycles. The van der Waals surface area contributed by atoms with E-state index in [0.717, 1.165) is 17.8 Å². The van der Waals surface area contributed by atoms with Gasteiger partial charge in [0, 0.05) is 11.3 Å². The van der Waals surface area contributed by atoms with E-state index in [0.29, 0.717) is 17.6 Å². The molecule has 5 aliphatic rings. The molecule has 1 heterocycles. The zero-order valence-electron chi connectivity index (χ0n) is 14.5. The van der Waals surface area contributed by atoms with Crippen LogP contribution in [0.5, 0.6) is 0 Å². The third-order valence-corrected chi connectivity index (χ3v) is 10.3. The molecule has 0 unspecified atom stereocenters. The van der Waals surface area contributed by atoms with Crippen LogP contribution in [0.25, 0.3) is 0 Å². The minimum absolute atomic E-state index is 0.0903. The molecule has 2 atom stereocenters. The van der Waals surface area contributed by atoms with Gasteiger partial charge in [-0.1, -0.05) is 0 Å². The molecule has 5 fully saturated rings. The highest BCUT2D eigenvalue weighted by Gasteiger charge is 2.53. The lowest BCUT2D eigenvalue weighted by Crippen LogP contribution is -2.56. The van der Waals surface area contributed by atoms with Crippen molar-refractivity contribution in [3.63, 3.8) is 0 Å². The first-order chi connectivity index (χ1) is 11.3. The number of rotatable bonds is 5. The number of hydrogen-bond donors (Lipinski definition) is 1. The monoisotopic (exact) mass is 371 g/mol. The normalized spacial score (nSPS) is 43.7. The maximum Gasteiger partial charge on any atom is 0.230 e. The molecule has 4 nitrogen and oxygen atoms in total. The van der Waals surface area contributed by atoms with Crippen LogP contribution >= 0.6 is 11.8 Å². The van der Waals surface area contributed by atoms with Gasteiger partial charge in [0.05, 0.1) is 17.3 Å². The molecule has 4 saturated carbocycles. The van der Waals surface area contributed by atoms with Gasteiger partial charge in [-0.2, -0.15) is 0 Å². The summed E-state index contributed by atoms with van der Waals surface area (Å²) < 4.78 is 23.0. The summed E-state index contributed by atoms with van der Waals surface area (Å²) in [6, 6.07) is 0.256. The SMILES string of the molecule is C[C@H](NC(=O)CS[C@H]1CCS(=O)(=O)C1)C12CC3CC(CC(C3)C1)C2. The number of amides is 1. The highest BCUT2D eigenvalue weighted by atomic mass is 32.2. The fourth-order valence-electron chi connectivity index (χ4n) is 6.23. The second-order valence-electron chi connectivity index (χ2n) is 8.91. The lowest BCUT2D eigenvalue weighted by Gasteiger charge is -2.59. The number of nitrogens with one attached hydrogen (secondary N) is 1. The largest absolute Gasteiger partial charge is 0.352 e. The minimum atomic E-state index is -2.85. The summed E-state index contributed by atoms with van der Waals surface area (Å²) in [7, 11) is -2.85. The van der Waals surface area contributed by atoms with Gasteiger partial charge in [0.2, 0.25) is 5.91 Å². The van der Waals surface area contributed by atoms with Crippen LogP contribution in [-0.2, 0) is 14.6 Å². The van der Waals surface area contributed by atoms with Gasteiger partial charge >= 0.3 is 0 Å². The Kier molecular flexibility index (Phi) is 4.43. The van der Waals surface area contributed by atoms with Crippen molar-refractivity contribution in [1.82, 2.24) is 5.32 Å². The minimum Gasteiger partial charge on any atom is -0.352 e. The molecule has 24 heavy (non-hydrogen) atoms. The number of sulfone groups is 1. The van der Waals surface area contributed by atoms with Crippen molar-refractivity contribution < 1.29 is 13.2 Å². The van der Waals surface area contributed by atoms with Crippen LogP contribution in [0.4, 0.5) is 0 Å². The molecule has 0 aromatic rings. The molecule has 136 valence electrons. The molecule has 1 N–H and O–H groups in total. The van der Waals surface area contributed by atoms with Gasteiger partial charge in [-0.05, 0) is 75.0 Å². The van der Waals surface area contributed by atoms with Gasteiger partial charge in [-0.25, -0.2) is 8.42 Å². The second-order valence-corrected chi connectivity index (χ2v) is 12.4. The van der Waals surface area contributed by atoms with Crippen molar-refractivity contribution in [1.29, 1.82) is 0 Å². The van der Waals surface area contributed by atoms with Gasteiger partial charge in [-0.3, -0.25) is 4.79 Å². The molecular weight excluding hydrogens is 342 g/mol. The standard InChI is InChI=1S/C18H29NO3S2/c1-12(18-7-13-4-14(8-18)6-15(5-13)9-18)19-17(20)10-23-16-2-3-24(21,22)11-16/h12-16H,2-11H2,1H3,(H,19,20)/t12-,13?,14?,15?,16-,18?/m0/s1. The van der Waals surface area contributed by atoms with Crippen molar-refractivity contribution in [2.75, 3.05) is 17.3 Å². The van der Waals surface area contributed by atoms with Crippen molar-refractivity contribution in [3.05, 3.63) is 0 Å². The van der Waals surface area contributed by atoms with Crippen molar-refractivity contribution in [2.45, 2.75) is 63.2 Å². The van der Waals surface area contributed by atoms with E-state index in [-0.39, 0.29) is 28.7 Å². The van der Waals surface area contributed by atoms with E-state index in [1.54, 1.807) is 0 Å². The Morgan fingerprint density at radius 1 is 1.17 bits per heavy atom. The molecule has 0 radical (unpaired) electrons. The molecule has 5 rings (SSSR count). The number of thioether (sulfide) groups is 1. The third kappa shape index (κ3) is 3.37. The second kappa shape index (κ2) is 6.19. The van der Waals surface area contributed by atoms with E-state index in [2.05, 4.69) is 12.2 Å². The van der Waals surface area contributed by atoms with E-state index >= 15 is 0 Å². The average molecular weight is 372 g/mol. The predicted octanol–water partition coefficient (Wildman–Crippen LogP) is 2.63. The summed E-state index contributed by atoms with van der Waals surface area (Å²) in [6.45, 7) is 2.20. The molecular formula is C18H29NO3S2. The number of carbonyl (C=O) groups excluding carboxylic acids is 1. The van der Waals surface area contributed by atoms with Gasteiger partial charge < -0.3 is 5.32 Å². The highest BCUT2D eigenvalue weighted by molar-refractivity contribution is 8.02. The van der Waals surface area contributed by atoms with Crippen LogP contribution in [0.3, 0.4) is 0 Å². The summed E-state index contributed by atoms with van der Waals surface area (Å²) in [4.78, 5) is 12.4. The van der Waals surface area contributed by atoms with Crippen LogP contribution < -0.4 is 5.32 Å². The first-order valence-electron chi connectivity index (χ1n) is 9.45. The van der Waals surface area contributed by atoms with Gasteiger partial charge in [0.25, 0.3) is 0 Å². The highest BCUT2D eigenvalue weighted by Crippen LogP contribution is 2.61. The summed E-state index contributed by atoms with van der Waals surface area (Å²) in [5, 5.41) is 3.38. The molecule has 1 amide bonds. The Morgan fingerprint density at radius 2 is 1.75 bits per heavy atom. The van der Waals surface area contributed by atoms with Crippen LogP contribution in [0.1, 0.15) is 51.9 Å². The first kappa shape index (κ1) is 17.2. The fraction of sp³-hybridized carbons (Fsp3) is 0.944. The molecule has 6 heteroatoms. The lowest BCUT2D eigenvalue weighted by molar-refractivity contribution is -0.123. The van der Waals surface area contributed by atoms with Crippen LogP contribution in [0.2, 0.25) is 0 Å². The Hall–Kier alpha value is -0.230. The Labute approximate surface area is 149 Å². The molecule has 4 bridgehead atoms. The zero-order chi connectivity index (χ0) is 16.9. The van der Waals surface area contributed by atoms with E-state index in [9.17, 15) is 13.2 Å². The molecule has 4 aliphatic carbocycles.